The molecule has 0 amide bonds. The maximum Gasteiger partial charge on any atom is 0.171 e. The molecule has 0 N–H and O–H groups in total. The normalized spacial score (nSPS) is 26.1. The number of rotatable bonds is 2. The number of hydrogen-bond donors (Lipinski definition) is 0. The minimum absolute atomic E-state index is 0.161. The molecule has 1 saturated carbocycles. The molecule has 4 heteroatoms. The Bertz CT molecular complexity index is 576. The van der Waals surface area contributed by atoms with Crippen LogP contribution in [0.5, 0.6) is 5.75 Å². The first-order valence-electron chi connectivity index (χ1n) is 7.08. The Balaban J connectivity index is 2.08. The van der Waals surface area contributed by atoms with E-state index in [0.717, 1.165) is 24.8 Å². The van der Waals surface area contributed by atoms with E-state index in [-0.39, 0.29) is 11.2 Å². The summed E-state index contributed by atoms with van der Waals surface area (Å²) < 4.78 is 5.25. The van der Waals surface area contributed by atoms with Crippen molar-refractivity contribution in [1.29, 1.82) is 0 Å². The Morgan fingerprint density at radius 1 is 1.25 bits per heavy atom. The van der Waals surface area contributed by atoms with Crippen LogP contribution in [0, 0.1) is 11.3 Å². The van der Waals surface area contributed by atoms with E-state index in [2.05, 4.69) is 6.92 Å². The van der Waals surface area contributed by atoms with Crippen LogP contribution in [0.3, 0.4) is 0 Å². The molecular formula is C16H18Cl2O2. The standard InChI is InChI=1S/C16H18Cl2O2/c1-16(10-5-3-4-6-10)8-9-7-11(20-2)13(17)14(18)12(9)15(16)19/h7,10H,3-6,8H2,1-2H3/t16-/m0/s1. The zero-order valence-electron chi connectivity index (χ0n) is 11.8. The van der Waals surface area contributed by atoms with Crippen molar-refractivity contribution in [2.75, 3.05) is 7.11 Å². The van der Waals surface area contributed by atoms with Crippen LogP contribution in [-0.2, 0) is 6.42 Å². The lowest BCUT2D eigenvalue weighted by Gasteiger charge is -2.29. The molecule has 1 fully saturated rings. The number of fused-ring (bicyclic) bond motifs is 1. The molecule has 0 saturated heterocycles. The summed E-state index contributed by atoms with van der Waals surface area (Å²) in [6.45, 7) is 2.09. The average Bonchev–Trinajstić information content (AvgIpc) is 3.03. The van der Waals surface area contributed by atoms with Gasteiger partial charge in [-0.1, -0.05) is 43.0 Å². The van der Waals surface area contributed by atoms with Crippen molar-refractivity contribution in [1.82, 2.24) is 0 Å². The van der Waals surface area contributed by atoms with Gasteiger partial charge >= 0.3 is 0 Å². The minimum atomic E-state index is -0.321. The highest BCUT2D eigenvalue weighted by Crippen LogP contribution is 2.52. The number of ketones is 1. The second-order valence-electron chi connectivity index (χ2n) is 6.15. The van der Waals surface area contributed by atoms with E-state index in [1.807, 2.05) is 6.07 Å². The molecule has 0 aromatic heterocycles. The van der Waals surface area contributed by atoms with Gasteiger partial charge in [0.15, 0.2) is 5.78 Å². The average molecular weight is 313 g/mol. The number of carbonyl (C=O) groups is 1. The maximum atomic E-state index is 12.9. The highest BCUT2D eigenvalue weighted by molar-refractivity contribution is 6.45. The van der Waals surface area contributed by atoms with Gasteiger partial charge in [-0.2, -0.15) is 0 Å². The molecule has 0 heterocycles. The molecule has 1 aromatic rings. The first-order chi connectivity index (χ1) is 9.49. The zero-order chi connectivity index (χ0) is 14.5. The predicted octanol–water partition coefficient (Wildman–Crippen LogP) is 4.94. The van der Waals surface area contributed by atoms with E-state index in [0.29, 0.717) is 27.3 Å². The highest BCUT2D eigenvalue weighted by Gasteiger charge is 2.49. The number of halogens is 2. The van der Waals surface area contributed by atoms with Crippen molar-refractivity contribution >= 4 is 29.0 Å². The summed E-state index contributed by atoms with van der Waals surface area (Å²) >= 11 is 12.5. The van der Waals surface area contributed by atoms with Gasteiger partial charge in [-0.05, 0) is 36.8 Å². The lowest BCUT2D eigenvalue weighted by atomic mass is 9.73. The number of methoxy groups -OCH3 is 1. The van der Waals surface area contributed by atoms with Crippen molar-refractivity contribution in [3.63, 3.8) is 0 Å². The van der Waals surface area contributed by atoms with E-state index in [1.165, 1.54) is 12.8 Å². The van der Waals surface area contributed by atoms with E-state index < -0.39 is 0 Å². The van der Waals surface area contributed by atoms with Crippen LogP contribution in [0.25, 0.3) is 0 Å². The second-order valence-corrected chi connectivity index (χ2v) is 6.90. The molecule has 20 heavy (non-hydrogen) atoms. The third kappa shape index (κ3) is 1.88. The molecule has 0 spiro atoms. The van der Waals surface area contributed by atoms with Crippen LogP contribution in [-0.4, -0.2) is 12.9 Å². The molecule has 0 unspecified atom stereocenters. The van der Waals surface area contributed by atoms with Crippen molar-refractivity contribution in [3.05, 3.63) is 27.2 Å². The van der Waals surface area contributed by atoms with Crippen LogP contribution in [0.2, 0.25) is 10.0 Å². The van der Waals surface area contributed by atoms with Crippen LogP contribution in [0.4, 0.5) is 0 Å². The number of benzene rings is 1. The molecular weight excluding hydrogens is 295 g/mol. The highest BCUT2D eigenvalue weighted by atomic mass is 35.5. The van der Waals surface area contributed by atoms with Gasteiger partial charge in [-0.15, -0.1) is 0 Å². The molecule has 1 aromatic carbocycles. The fourth-order valence-corrected chi connectivity index (χ4v) is 4.37. The Labute approximate surface area is 129 Å². The first kappa shape index (κ1) is 14.2. The smallest absolute Gasteiger partial charge is 0.171 e. The maximum absolute atomic E-state index is 12.9. The molecule has 2 aliphatic rings. The SMILES string of the molecule is COc1cc2c(c(Cl)c1Cl)C(=O)[C@](C)(C1CCCC1)C2. The van der Waals surface area contributed by atoms with Gasteiger partial charge in [0.1, 0.15) is 10.8 Å². The lowest BCUT2D eigenvalue weighted by Crippen LogP contribution is -2.32. The molecule has 1 atom stereocenters. The minimum Gasteiger partial charge on any atom is -0.495 e. The second kappa shape index (κ2) is 4.92. The summed E-state index contributed by atoms with van der Waals surface area (Å²) in [5.74, 6) is 1.18. The molecule has 2 aliphatic carbocycles. The number of carbonyl (C=O) groups excluding carboxylic acids is 1. The predicted molar refractivity (Wildman–Crippen MR) is 81.1 cm³/mol. The molecule has 0 bridgehead atoms. The summed E-state index contributed by atoms with van der Waals surface area (Å²) in [4.78, 5) is 12.9. The Morgan fingerprint density at radius 3 is 2.50 bits per heavy atom. The Kier molecular flexibility index (Phi) is 3.50. The number of hydrogen-bond acceptors (Lipinski definition) is 2. The van der Waals surface area contributed by atoms with Gasteiger partial charge in [-0.3, -0.25) is 4.79 Å². The third-order valence-electron chi connectivity index (χ3n) is 5.03. The number of Topliss-reactive ketones (excluding diaryl/α,β-unsaturated/α-hetero) is 1. The monoisotopic (exact) mass is 312 g/mol. The Hall–Kier alpha value is -0.730. The molecule has 3 rings (SSSR count). The Morgan fingerprint density at radius 2 is 1.90 bits per heavy atom. The van der Waals surface area contributed by atoms with Gasteiger partial charge in [0.05, 0.1) is 12.1 Å². The topological polar surface area (TPSA) is 26.3 Å². The first-order valence-corrected chi connectivity index (χ1v) is 7.84. The largest absolute Gasteiger partial charge is 0.495 e. The lowest BCUT2D eigenvalue weighted by molar-refractivity contribution is 0.0744. The van der Waals surface area contributed by atoms with E-state index in [1.54, 1.807) is 7.11 Å². The van der Waals surface area contributed by atoms with Crippen LogP contribution < -0.4 is 4.74 Å². The fraction of sp³-hybridized carbons (Fsp3) is 0.562. The molecule has 0 aliphatic heterocycles. The van der Waals surface area contributed by atoms with Crippen LogP contribution >= 0.6 is 23.2 Å². The summed E-state index contributed by atoms with van der Waals surface area (Å²) in [7, 11) is 1.57. The van der Waals surface area contributed by atoms with Crippen LogP contribution in [0.1, 0.15) is 48.5 Å². The van der Waals surface area contributed by atoms with Gasteiger partial charge in [0.25, 0.3) is 0 Å². The zero-order valence-corrected chi connectivity index (χ0v) is 13.3. The quantitative estimate of drug-likeness (QED) is 0.773. The van der Waals surface area contributed by atoms with Crippen LogP contribution in [0.15, 0.2) is 6.07 Å². The van der Waals surface area contributed by atoms with Gasteiger partial charge in [0.2, 0.25) is 0 Å². The van der Waals surface area contributed by atoms with Crippen molar-refractivity contribution < 1.29 is 9.53 Å². The van der Waals surface area contributed by atoms with E-state index >= 15 is 0 Å². The van der Waals surface area contributed by atoms with Gasteiger partial charge < -0.3 is 4.74 Å². The van der Waals surface area contributed by atoms with Gasteiger partial charge in [0, 0.05) is 11.0 Å². The summed E-state index contributed by atoms with van der Waals surface area (Å²) in [5.41, 5.74) is 1.28. The summed E-state index contributed by atoms with van der Waals surface area (Å²) in [6, 6.07) is 1.88. The molecule has 2 nitrogen and oxygen atoms in total. The fourth-order valence-electron chi connectivity index (χ4n) is 3.84. The van der Waals surface area contributed by atoms with Crippen molar-refractivity contribution in [2.24, 2.45) is 11.3 Å². The summed E-state index contributed by atoms with van der Waals surface area (Å²) in [6.07, 6.45) is 5.47. The number of ether oxygens (including phenoxy) is 1. The van der Waals surface area contributed by atoms with Gasteiger partial charge in [-0.25, -0.2) is 0 Å². The van der Waals surface area contributed by atoms with Crippen molar-refractivity contribution in [3.8, 4) is 5.75 Å². The van der Waals surface area contributed by atoms with Crippen molar-refractivity contribution in [2.45, 2.75) is 39.0 Å². The van der Waals surface area contributed by atoms with E-state index in [9.17, 15) is 4.79 Å². The molecule has 0 radical (unpaired) electrons. The summed E-state index contributed by atoms with van der Waals surface area (Å²) in [5, 5.41) is 0.699. The van der Waals surface area contributed by atoms with E-state index in [4.69, 9.17) is 27.9 Å². The molecule has 108 valence electrons. The third-order valence-corrected chi connectivity index (χ3v) is 5.88.